The van der Waals surface area contributed by atoms with Crippen LogP contribution in [0.25, 0.3) is 16.9 Å². The average Bonchev–Trinajstić information content (AvgIpc) is 3.03. The van der Waals surface area contributed by atoms with Crippen LogP contribution in [0.4, 0.5) is 0 Å². The van der Waals surface area contributed by atoms with Crippen molar-refractivity contribution < 1.29 is 14.2 Å². The molecule has 5 nitrogen and oxygen atoms in total. The van der Waals surface area contributed by atoms with Gasteiger partial charge in [0.1, 0.15) is 0 Å². The Labute approximate surface area is 141 Å². The first-order chi connectivity index (χ1) is 11.7. The summed E-state index contributed by atoms with van der Waals surface area (Å²) in [5.74, 6) is 1.76. The van der Waals surface area contributed by atoms with Crippen LogP contribution in [0.2, 0.25) is 0 Å². The Bertz CT molecular complexity index is 816. The van der Waals surface area contributed by atoms with Gasteiger partial charge in [0.2, 0.25) is 5.75 Å². The summed E-state index contributed by atoms with van der Waals surface area (Å²) in [5, 5.41) is 4.63. The van der Waals surface area contributed by atoms with Gasteiger partial charge in [0.25, 0.3) is 0 Å². The molecule has 0 spiro atoms. The lowest BCUT2D eigenvalue weighted by molar-refractivity contribution is 0.324. The predicted molar refractivity (Wildman–Crippen MR) is 93.4 cm³/mol. The third kappa shape index (κ3) is 2.80. The molecule has 1 heterocycles. The van der Waals surface area contributed by atoms with Crippen LogP contribution in [0.3, 0.4) is 0 Å². The molecule has 124 valence electrons. The summed E-state index contributed by atoms with van der Waals surface area (Å²) in [4.78, 5) is 0. The minimum absolute atomic E-state index is 0.564. The Kier molecular flexibility index (Phi) is 4.42. The Morgan fingerprint density at radius 1 is 0.833 bits per heavy atom. The molecule has 0 saturated heterocycles. The second kappa shape index (κ2) is 6.66. The maximum atomic E-state index is 5.45. The molecule has 24 heavy (non-hydrogen) atoms. The van der Waals surface area contributed by atoms with E-state index in [0.717, 1.165) is 22.6 Å². The highest BCUT2D eigenvalue weighted by Crippen LogP contribution is 2.40. The van der Waals surface area contributed by atoms with E-state index in [9.17, 15) is 0 Å². The highest BCUT2D eigenvalue weighted by Gasteiger charge is 2.17. The van der Waals surface area contributed by atoms with Crippen LogP contribution in [0, 0.1) is 6.92 Å². The maximum Gasteiger partial charge on any atom is 0.203 e. The van der Waals surface area contributed by atoms with Crippen LogP contribution < -0.4 is 14.2 Å². The van der Waals surface area contributed by atoms with Gasteiger partial charge in [-0.25, -0.2) is 4.68 Å². The van der Waals surface area contributed by atoms with E-state index in [2.05, 4.69) is 23.3 Å². The SMILES string of the molecule is COc1cc(-n2nc(C)cc2-c2ccccc2)cc(OC)c1OC. The molecule has 0 aliphatic carbocycles. The summed E-state index contributed by atoms with van der Waals surface area (Å²) in [7, 11) is 4.80. The van der Waals surface area contributed by atoms with E-state index in [1.165, 1.54) is 0 Å². The Morgan fingerprint density at radius 3 is 2.00 bits per heavy atom. The maximum absolute atomic E-state index is 5.45. The lowest BCUT2D eigenvalue weighted by Gasteiger charge is -2.15. The standard InChI is InChI=1S/C19H20N2O3/c1-13-10-16(14-8-6-5-7-9-14)21(20-13)15-11-17(22-2)19(24-4)18(12-15)23-3/h5-12H,1-4H3. The van der Waals surface area contributed by atoms with Crippen LogP contribution in [0.1, 0.15) is 5.69 Å². The van der Waals surface area contributed by atoms with Gasteiger partial charge in [-0.3, -0.25) is 0 Å². The summed E-state index contributed by atoms with van der Waals surface area (Å²) >= 11 is 0. The summed E-state index contributed by atoms with van der Waals surface area (Å²) in [6.07, 6.45) is 0. The fourth-order valence-corrected chi connectivity index (χ4v) is 2.70. The van der Waals surface area contributed by atoms with E-state index in [1.54, 1.807) is 21.3 Å². The van der Waals surface area contributed by atoms with Crippen molar-refractivity contribution in [3.05, 3.63) is 54.2 Å². The topological polar surface area (TPSA) is 45.5 Å². The van der Waals surface area contributed by atoms with Gasteiger partial charge in [0.05, 0.1) is 38.4 Å². The van der Waals surface area contributed by atoms with Gasteiger partial charge in [0, 0.05) is 17.7 Å². The highest BCUT2D eigenvalue weighted by atomic mass is 16.5. The number of aromatic nitrogens is 2. The molecule has 2 aromatic carbocycles. The molecule has 3 rings (SSSR count). The molecule has 0 bridgehead atoms. The van der Waals surface area contributed by atoms with E-state index >= 15 is 0 Å². The van der Waals surface area contributed by atoms with Crippen LogP contribution >= 0.6 is 0 Å². The van der Waals surface area contributed by atoms with Gasteiger partial charge in [-0.15, -0.1) is 0 Å². The van der Waals surface area contributed by atoms with E-state index in [-0.39, 0.29) is 0 Å². The molecule has 0 aliphatic heterocycles. The van der Waals surface area contributed by atoms with Crippen molar-refractivity contribution >= 4 is 0 Å². The number of rotatable bonds is 5. The van der Waals surface area contributed by atoms with Gasteiger partial charge in [0.15, 0.2) is 11.5 Å². The largest absolute Gasteiger partial charge is 0.493 e. The highest BCUT2D eigenvalue weighted by molar-refractivity contribution is 5.65. The smallest absolute Gasteiger partial charge is 0.203 e. The van der Waals surface area contributed by atoms with Gasteiger partial charge >= 0.3 is 0 Å². The molecule has 1 aromatic heterocycles. The summed E-state index contributed by atoms with van der Waals surface area (Å²) < 4.78 is 18.2. The fraction of sp³-hybridized carbons (Fsp3) is 0.211. The summed E-state index contributed by atoms with van der Waals surface area (Å²) in [6, 6.07) is 16.0. The second-order valence-corrected chi connectivity index (χ2v) is 5.33. The van der Waals surface area contributed by atoms with Crippen LogP contribution in [-0.2, 0) is 0 Å². The van der Waals surface area contributed by atoms with Crippen LogP contribution in [0.5, 0.6) is 17.2 Å². The molecule has 0 atom stereocenters. The molecule has 0 amide bonds. The third-order valence-electron chi connectivity index (χ3n) is 3.80. The van der Waals surface area contributed by atoms with Crippen molar-refractivity contribution in [2.24, 2.45) is 0 Å². The first-order valence-corrected chi connectivity index (χ1v) is 7.60. The molecule has 3 aromatic rings. The zero-order valence-corrected chi connectivity index (χ0v) is 14.2. The minimum Gasteiger partial charge on any atom is -0.493 e. The van der Waals surface area contributed by atoms with Gasteiger partial charge < -0.3 is 14.2 Å². The van der Waals surface area contributed by atoms with Crippen molar-refractivity contribution in [1.29, 1.82) is 0 Å². The van der Waals surface area contributed by atoms with Gasteiger partial charge in [-0.05, 0) is 13.0 Å². The van der Waals surface area contributed by atoms with Crippen molar-refractivity contribution in [1.82, 2.24) is 9.78 Å². The van der Waals surface area contributed by atoms with E-state index in [0.29, 0.717) is 17.2 Å². The van der Waals surface area contributed by atoms with Crippen molar-refractivity contribution in [3.63, 3.8) is 0 Å². The molecular weight excluding hydrogens is 304 g/mol. The predicted octanol–water partition coefficient (Wildman–Crippen LogP) is 3.87. The Morgan fingerprint density at radius 2 is 1.46 bits per heavy atom. The minimum atomic E-state index is 0.564. The molecule has 5 heteroatoms. The monoisotopic (exact) mass is 324 g/mol. The first kappa shape index (κ1) is 15.9. The van der Waals surface area contributed by atoms with Crippen molar-refractivity contribution in [3.8, 4) is 34.2 Å². The summed E-state index contributed by atoms with van der Waals surface area (Å²) in [6.45, 7) is 1.97. The average molecular weight is 324 g/mol. The lowest BCUT2D eigenvalue weighted by atomic mass is 10.1. The lowest BCUT2D eigenvalue weighted by Crippen LogP contribution is -2.02. The molecule has 0 radical (unpaired) electrons. The van der Waals surface area contributed by atoms with Gasteiger partial charge in [-0.2, -0.15) is 5.10 Å². The Balaban J connectivity index is 2.20. The molecule has 0 unspecified atom stereocenters. The number of hydrogen-bond acceptors (Lipinski definition) is 4. The molecule has 0 aliphatic rings. The number of ether oxygens (including phenoxy) is 3. The normalized spacial score (nSPS) is 10.5. The molecular formula is C19H20N2O3. The molecule has 0 N–H and O–H groups in total. The molecule has 0 saturated carbocycles. The quantitative estimate of drug-likeness (QED) is 0.714. The van der Waals surface area contributed by atoms with Gasteiger partial charge in [-0.1, -0.05) is 30.3 Å². The fourth-order valence-electron chi connectivity index (χ4n) is 2.70. The third-order valence-corrected chi connectivity index (χ3v) is 3.80. The number of benzene rings is 2. The molecule has 0 fully saturated rings. The summed E-state index contributed by atoms with van der Waals surface area (Å²) in [5.41, 5.74) is 3.87. The van der Waals surface area contributed by atoms with Crippen LogP contribution in [-0.4, -0.2) is 31.1 Å². The Hall–Kier alpha value is -2.95. The zero-order valence-electron chi connectivity index (χ0n) is 14.2. The van der Waals surface area contributed by atoms with E-state index in [1.807, 2.05) is 41.9 Å². The number of aryl methyl sites for hydroxylation is 1. The van der Waals surface area contributed by atoms with Crippen LogP contribution in [0.15, 0.2) is 48.5 Å². The first-order valence-electron chi connectivity index (χ1n) is 7.60. The second-order valence-electron chi connectivity index (χ2n) is 5.33. The zero-order chi connectivity index (χ0) is 17.1. The number of methoxy groups -OCH3 is 3. The number of hydrogen-bond donors (Lipinski definition) is 0. The van der Waals surface area contributed by atoms with Crippen molar-refractivity contribution in [2.45, 2.75) is 6.92 Å². The van der Waals surface area contributed by atoms with Crippen molar-refractivity contribution in [2.75, 3.05) is 21.3 Å². The van der Waals surface area contributed by atoms with E-state index < -0.39 is 0 Å². The number of nitrogens with zero attached hydrogens (tertiary/aromatic N) is 2. The van der Waals surface area contributed by atoms with E-state index in [4.69, 9.17) is 14.2 Å².